The van der Waals surface area contributed by atoms with E-state index in [0.29, 0.717) is 72.4 Å². The fourth-order valence-corrected chi connectivity index (χ4v) is 5.66. The first-order chi connectivity index (χ1) is 27.6. The molecule has 4 bridgehead atoms. The maximum Gasteiger partial charge on any atom is 0.161 e. The third-order valence-electron chi connectivity index (χ3n) is 8.75. The van der Waals surface area contributed by atoms with Gasteiger partial charge in [-0.2, -0.15) is 0 Å². The summed E-state index contributed by atoms with van der Waals surface area (Å²) in [5.74, 6) is 5.05. The van der Waals surface area contributed by atoms with Gasteiger partial charge in [0.05, 0.1) is 0 Å². The van der Waals surface area contributed by atoms with Gasteiger partial charge in [0.2, 0.25) is 0 Å². The highest BCUT2D eigenvalue weighted by Gasteiger charge is 2.12. The molecule has 8 nitrogen and oxygen atoms in total. The number of rotatable bonds is 0. The second kappa shape index (κ2) is 19.0. The molecule has 0 amide bonds. The van der Waals surface area contributed by atoms with Crippen molar-refractivity contribution >= 4 is 0 Å². The number of ether oxygens (including phenoxy) is 8. The molecule has 0 spiro atoms. The lowest BCUT2D eigenvalue weighted by Gasteiger charge is -2.16. The van der Waals surface area contributed by atoms with Gasteiger partial charge in [-0.3, -0.25) is 0 Å². The lowest BCUT2D eigenvalue weighted by molar-refractivity contribution is 0.252. The molecule has 4 aliphatic rings. The number of benzene rings is 6. The smallest absolute Gasteiger partial charge is 0.161 e. The topological polar surface area (TPSA) is 73.8 Å². The third kappa shape index (κ3) is 10.7. The summed E-state index contributed by atoms with van der Waals surface area (Å²) in [6.07, 6.45) is 0. The van der Waals surface area contributed by atoms with Gasteiger partial charge in [-0.1, -0.05) is 110 Å². The van der Waals surface area contributed by atoms with Crippen LogP contribution in [0.3, 0.4) is 0 Å². The lowest BCUT2D eigenvalue weighted by atomic mass is 10.1. The predicted molar refractivity (Wildman–Crippen MR) is 216 cm³/mol. The highest BCUT2D eigenvalue weighted by atomic mass is 16.5. The highest BCUT2D eigenvalue weighted by Crippen LogP contribution is 2.32. The van der Waals surface area contributed by atoms with E-state index in [-0.39, 0.29) is 26.4 Å². The van der Waals surface area contributed by atoms with Crippen LogP contribution >= 0.6 is 0 Å². The summed E-state index contributed by atoms with van der Waals surface area (Å²) in [6.45, 7) is 10.9. The van der Waals surface area contributed by atoms with Crippen molar-refractivity contribution in [1.82, 2.24) is 0 Å². The van der Waals surface area contributed by atoms with Gasteiger partial charge < -0.3 is 37.9 Å². The van der Waals surface area contributed by atoms with Crippen LogP contribution in [0, 0.1) is 0 Å². The fraction of sp³-hybridized carbons (Fsp3) is 0.167. The van der Waals surface area contributed by atoms with Crippen molar-refractivity contribution in [3.8, 4) is 46.0 Å². The Morgan fingerprint density at radius 1 is 0.232 bits per heavy atom. The molecule has 284 valence electrons. The van der Waals surface area contributed by atoms with Crippen molar-refractivity contribution in [3.63, 3.8) is 0 Å². The van der Waals surface area contributed by atoms with E-state index in [0.717, 1.165) is 33.4 Å². The Kier molecular flexibility index (Phi) is 12.7. The number of hydrogen-bond donors (Lipinski definition) is 0. The van der Waals surface area contributed by atoms with Crippen molar-refractivity contribution in [1.29, 1.82) is 0 Å². The summed E-state index contributed by atoms with van der Waals surface area (Å²) in [5.41, 5.74) is 5.56. The van der Waals surface area contributed by atoms with Gasteiger partial charge in [0.25, 0.3) is 0 Å². The minimum Gasteiger partial charge on any atom is -0.485 e. The molecule has 0 atom stereocenters. The van der Waals surface area contributed by atoms with Crippen LogP contribution in [-0.4, -0.2) is 26.4 Å². The van der Waals surface area contributed by atoms with Crippen LogP contribution in [0.15, 0.2) is 170 Å². The zero-order chi connectivity index (χ0) is 38.4. The minimum absolute atomic E-state index is 0.260. The fourth-order valence-electron chi connectivity index (χ4n) is 5.66. The summed E-state index contributed by atoms with van der Waals surface area (Å²) in [5, 5.41) is 0. The molecule has 6 aromatic carbocycles. The van der Waals surface area contributed by atoms with Crippen LogP contribution < -0.4 is 37.9 Å². The molecule has 4 aliphatic heterocycles. The molecule has 0 unspecified atom stereocenters. The van der Waals surface area contributed by atoms with E-state index in [4.69, 9.17) is 37.9 Å². The van der Waals surface area contributed by atoms with E-state index in [9.17, 15) is 0 Å². The van der Waals surface area contributed by atoms with Crippen LogP contribution in [-0.2, 0) is 26.4 Å². The molecule has 0 N–H and O–H groups in total. The zero-order valence-corrected chi connectivity index (χ0v) is 31.2. The van der Waals surface area contributed by atoms with Crippen LogP contribution in [0.5, 0.6) is 46.0 Å². The summed E-state index contributed by atoms with van der Waals surface area (Å²) in [6, 6.07) is 46.6. The monoisotopic (exact) mass is 748 g/mol. The molecular formula is C48H44O8. The van der Waals surface area contributed by atoms with Crippen molar-refractivity contribution in [2.24, 2.45) is 0 Å². The predicted octanol–water partition coefficient (Wildman–Crippen LogP) is 10.3. The normalized spacial score (nSPS) is 14.4. The third-order valence-corrected chi connectivity index (χ3v) is 8.75. The van der Waals surface area contributed by atoms with Crippen LogP contribution in [0.1, 0.15) is 22.3 Å². The van der Waals surface area contributed by atoms with Gasteiger partial charge in [0.1, 0.15) is 52.9 Å². The van der Waals surface area contributed by atoms with Crippen LogP contribution in [0.4, 0.5) is 0 Å². The largest absolute Gasteiger partial charge is 0.485 e. The Bertz CT molecular complexity index is 1900. The van der Waals surface area contributed by atoms with Crippen molar-refractivity contribution < 1.29 is 37.9 Å². The standard InChI is InChI=1S/C48H44O8/c1-35-27-49-41-11-3-7-15-45(41)53-31-37-19-23-39(24-20-37)33-55-47-17-9-5-13-43(47)51-29-36(2)30-52-44-14-6-10-18-48(44)56-34-40-25-21-38(22-26-40)32-54-46-16-8-4-12-42(46)50-28-35/h3-26H,1-2,27-34H2. The Morgan fingerprint density at radius 2 is 0.393 bits per heavy atom. The second-order valence-corrected chi connectivity index (χ2v) is 13.2. The van der Waals surface area contributed by atoms with Crippen LogP contribution in [0.2, 0.25) is 0 Å². The molecule has 56 heavy (non-hydrogen) atoms. The Balaban J connectivity index is 1.05. The summed E-state index contributed by atoms with van der Waals surface area (Å²) >= 11 is 0. The van der Waals surface area contributed by atoms with E-state index in [1.54, 1.807) is 0 Å². The molecule has 10 rings (SSSR count). The first-order valence-electron chi connectivity index (χ1n) is 18.4. The Morgan fingerprint density at radius 3 is 0.571 bits per heavy atom. The Hall–Kier alpha value is -6.80. The van der Waals surface area contributed by atoms with Gasteiger partial charge in [-0.15, -0.1) is 0 Å². The van der Waals surface area contributed by atoms with Gasteiger partial charge in [0, 0.05) is 0 Å². The summed E-state index contributed by atoms with van der Waals surface area (Å²) in [7, 11) is 0. The van der Waals surface area contributed by atoms with Gasteiger partial charge in [-0.05, 0) is 81.9 Å². The molecule has 8 heteroatoms. The van der Waals surface area contributed by atoms with E-state index in [1.165, 1.54) is 0 Å². The van der Waals surface area contributed by atoms with E-state index < -0.39 is 0 Å². The first-order valence-corrected chi connectivity index (χ1v) is 18.4. The van der Waals surface area contributed by atoms with Gasteiger partial charge >= 0.3 is 0 Å². The maximum absolute atomic E-state index is 6.18. The molecule has 0 aromatic heterocycles. The summed E-state index contributed by atoms with van der Waals surface area (Å²) < 4.78 is 49.2. The molecule has 0 radical (unpaired) electrons. The SMILES string of the molecule is C=C1COc2ccccc2OCc2ccc(cc2)COc2ccccc2OCC(=C)COc2ccccc2OCc2ccc(cc2)COc2ccccc2OC1. The minimum atomic E-state index is 0.260. The quantitative estimate of drug-likeness (QED) is 0.142. The first kappa shape index (κ1) is 37.5. The second-order valence-electron chi connectivity index (χ2n) is 13.2. The molecule has 0 fully saturated rings. The lowest BCUT2D eigenvalue weighted by Crippen LogP contribution is -2.10. The zero-order valence-electron chi connectivity index (χ0n) is 31.2. The molecule has 6 aromatic rings. The number of hydrogen-bond acceptors (Lipinski definition) is 8. The van der Waals surface area contributed by atoms with E-state index in [2.05, 4.69) is 13.2 Å². The maximum atomic E-state index is 6.18. The van der Waals surface area contributed by atoms with Crippen molar-refractivity contribution in [3.05, 3.63) is 192 Å². The molecule has 0 aliphatic carbocycles. The van der Waals surface area contributed by atoms with Crippen molar-refractivity contribution in [2.45, 2.75) is 26.4 Å². The van der Waals surface area contributed by atoms with E-state index >= 15 is 0 Å². The van der Waals surface area contributed by atoms with Gasteiger partial charge in [0.15, 0.2) is 46.0 Å². The number of para-hydroxylation sites is 8. The molecule has 0 saturated carbocycles. The molecular weight excluding hydrogens is 705 g/mol. The van der Waals surface area contributed by atoms with E-state index in [1.807, 2.05) is 146 Å². The average molecular weight is 749 g/mol. The molecule has 0 saturated heterocycles. The van der Waals surface area contributed by atoms with Crippen molar-refractivity contribution in [2.75, 3.05) is 26.4 Å². The van der Waals surface area contributed by atoms with Gasteiger partial charge in [-0.25, -0.2) is 0 Å². The summed E-state index contributed by atoms with van der Waals surface area (Å²) in [4.78, 5) is 0. The molecule has 4 heterocycles. The van der Waals surface area contributed by atoms with Crippen LogP contribution in [0.25, 0.3) is 0 Å². The highest BCUT2D eigenvalue weighted by molar-refractivity contribution is 5.43. The average Bonchev–Trinajstić information content (AvgIpc) is 3.24. The Labute approximate surface area is 328 Å².